The van der Waals surface area contributed by atoms with Gasteiger partial charge in [0.1, 0.15) is 17.7 Å². The highest BCUT2D eigenvalue weighted by atomic mass is 35.5. The normalized spacial score (nSPS) is 20.1. The fraction of sp³-hybridized carbons (Fsp3) is 0.556. The Morgan fingerprint density at radius 2 is 1.96 bits per heavy atom. The van der Waals surface area contributed by atoms with Gasteiger partial charge in [-0.1, -0.05) is 6.07 Å². The molecule has 0 N–H and O–H groups in total. The first-order valence-electron chi connectivity index (χ1n) is 8.14. The van der Waals surface area contributed by atoms with Crippen molar-refractivity contribution < 1.29 is 19.1 Å². The molecule has 1 aromatic carbocycles. The molecule has 1 saturated heterocycles. The Bertz CT molecular complexity index is 632. The second-order valence-electron chi connectivity index (χ2n) is 5.90. The summed E-state index contributed by atoms with van der Waals surface area (Å²) in [5, 5.41) is 0. The molecule has 1 aliphatic rings. The summed E-state index contributed by atoms with van der Waals surface area (Å²) in [6.45, 7) is 6.05. The Morgan fingerprint density at radius 1 is 1.25 bits per heavy atom. The number of halogens is 1. The number of carbonyl (C=O) groups excluding carboxylic acids is 2. The molecule has 0 spiro atoms. The molecule has 0 aromatic heterocycles. The van der Waals surface area contributed by atoms with Crippen molar-refractivity contribution in [2.75, 3.05) is 19.6 Å². The van der Waals surface area contributed by atoms with Gasteiger partial charge in [-0.15, -0.1) is 11.6 Å². The Hall–Kier alpha value is -1.75. The van der Waals surface area contributed by atoms with Crippen molar-refractivity contribution in [1.82, 2.24) is 4.90 Å². The summed E-state index contributed by atoms with van der Waals surface area (Å²) in [4.78, 5) is 26.2. The zero-order chi connectivity index (χ0) is 17.9. The summed E-state index contributed by atoms with van der Waals surface area (Å²) in [6, 6.07) is 3.13. The van der Waals surface area contributed by atoms with Crippen LogP contribution in [0.25, 0.3) is 0 Å². The van der Waals surface area contributed by atoms with Crippen LogP contribution in [0, 0.1) is 13.8 Å². The molecule has 24 heavy (non-hydrogen) atoms. The molecule has 0 bridgehead atoms. The van der Waals surface area contributed by atoms with Gasteiger partial charge in [-0.3, -0.25) is 4.79 Å². The highest BCUT2D eigenvalue weighted by Crippen LogP contribution is 2.40. The molecule has 6 heteroatoms. The Kier molecular flexibility index (Phi) is 6.10. The number of hydrogen-bond acceptors (Lipinski definition) is 4. The van der Waals surface area contributed by atoms with E-state index >= 15 is 0 Å². The lowest BCUT2D eigenvalue weighted by atomic mass is 9.95. The number of amides is 1. The predicted molar refractivity (Wildman–Crippen MR) is 92.4 cm³/mol. The van der Waals surface area contributed by atoms with Gasteiger partial charge in [0.15, 0.2) is 0 Å². The minimum absolute atomic E-state index is 0.152. The third-order valence-electron chi connectivity index (χ3n) is 4.70. The van der Waals surface area contributed by atoms with Gasteiger partial charge >= 0.3 is 5.97 Å². The number of nitrogens with zero attached hydrogens (tertiary/aromatic N) is 1. The van der Waals surface area contributed by atoms with Crippen molar-refractivity contribution in [3.8, 4) is 5.75 Å². The third kappa shape index (κ3) is 3.36. The number of hydrogen-bond donors (Lipinski definition) is 0. The summed E-state index contributed by atoms with van der Waals surface area (Å²) in [5.74, 6) is 0.0542. The quantitative estimate of drug-likeness (QED) is 0.602. The first kappa shape index (κ1) is 18.6. The van der Waals surface area contributed by atoms with E-state index in [4.69, 9.17) is 21.1 Å². The maximum absolute atomic E-state index is 12.4. The van der Waals surface area contributed by atoms with Crippen molar-refractivity contribution in [1.29, 1.82) is 0 Å². The molecule has 5 nitrogen and oxygen atoms in total. The van der Waals surface area contributed by atoms with Gasteiger partial charge in [0.2, 0.25) is 5.91 Å². The van der Waals surface area contributed by atoms with Gasteiger partial charge < -0.3 is 14.4 Å². The predicted octanol–water partition coefficient (Wildman–Crippen LogP) is 3.15. The van der Waals surface area contributed by atoms with E-state index < -0.39 is 6.04 Å². The first-order valence-corrected chi connectivity index (χ1v) is 8.67. The maximum atomic E-state index is 12.4. The molecule has 0 radical (unpaired) electrons. The van der Waals surface area contributed by atoms with Crippen LogP contribution in [0.15, 0.2) is 12.1 Å². The molecule has 1 amide bonds. The number of alkyl halides is 1. The van der Waals surface area contributed by atoms with Crippen LogP contribution >= 0.6 is 11.6 Å². The van der Waals surface area contributed by atoms with Crippen molar-refractivity contribution >= 4 is 23.5 Å². The maximum Gasteiger partial charge on any atom is 0.328 e. The van der Waals surface area contributed by atoms with Crippen LogP contribution in [0.3, 0.4) is 0 Å². The molecular weight excluding hydrogens is 330 g/mol. The lowest BCUT2D eigenvalue weighted by Crippen LogP contribution is -2.43. The zero-order valence-electron chi connectivity index (χ0n) is 14.6. The van der Waals surface area contributed by atoms with Crippen LogP contribution in [-0.2, 0) is 14.3 Å². The van der Waals surface area contributed by atoms with Crippen molar-refractivity contribution in [3.63, 3.8) is 0 Å². The van der Waals surface area contributed by atoms with E-state index in [1.165, 1.54) is 0 Å². The second-order valence-corrected chi connectivity index (χ2v) is 6.17. The van der Waals surface area contributed by atoms with Crippen LogP contribution in [0.1, 0.15) is 42.5 Å². The van der Waals surface area contributed by atoms with Crippen LogP contribution in [0.5, 0.6) is 5.75 Å². The fourth-order valence-corrected chi connectivity index (χ4v) is 3.54. The number of rotatable bonds is 5. The molecule has 0 aliphatic carbocycles. The van der Waals surface area contributed by atoms with E-state index in [0.29, 0.717) is 19.4 Å². The molecule has 1 aliphatic heterocycles. The number of carbonyl (C=O) groups is 2. The van der Waals surface area contributed by atoms with Gasteiger partial charge in [-0.2, -0.15) is 0 Å². The minimum atomic E-state index is -0.567. The average Bonchev–Trinajstić information content (AvgIpc) is 3.01. The van der Waals surface area contributed by atoms with Crippen molar-refractivity contribution in [3.05, 3.63) is 28.8 Å². The average molecular weight is 354 g/mol. The van der Waals surface area contributed by atoms with E-state index in [2.05, 4.69) is 0 Å². The highest BCUT2D eigenvalue weighted by molar-refractivity contribution is 6.27. The van der Waals surface area contributed by atoms with E-state index in [1.807, 2.05) is 26.0 Å². The summed E-state index contributed by atoms with van der Waals surface area (Å²) in [7, 11) is 1.64. The van der Waals surface area contributed by atoms with E-state index in [0.717, 1.165) is 22.4 Å². The number of methoxy groups -OCH3 is 1. The number of likely N-dealkylation sites (tertiary alicyclic amines) is 1. The topological polar surface area (TPSA) is 55.8 Å². The van der Waals surface area contributed by atoms with E-state index in [1.54, 1.807) is 18.9 Å². The van der Waals surface area contributed by atoms with Crippen molar-refractivity contribution in [2.45, 2.75) is 45.7 Å². The van der Waals surface area contributed by atoms with Crippen LogP contribution in [0.4, 0.5) is 0 Å². The monoisotopic (exact) mass is 353 g/mol. The standard InChI is InChI=1S/C18H24ClNO4/c1-5-24-18(22)15-8-7-14(20(15)17(21)10-19)13-6-9-16(23-4)12(3)11(13)2/h6,9,14-15H,5,7-8,10H2,1-4H3/t14-,15+/m0/s1. The van der Waals surface area contributed by atoms with Crippen molar-refractivity contribution in [2.24, 2.45) is 0 Å². The second kappa shape index (κ2) is 7.88. The number of esters is 1. The lowest BCUT2D eigenvalue weighted by molar-refractivity contribution is -0.153. The largest absolute Gasteiger partial charge is 0.496 e. The highest BCUT2D eigenvalue weighted by Gasteiger charge is 2.42. The number of benzene rings is 1. The molecular formula is C18H24ClNO4. The van der Waals surface area contributed by atoms with Crippen LogP contribution in [0.2, 0.25) is 0 Å². The van der Waals surface area contributed by atoms with Gasteiger partial charge in [-0.25, -0.2) is 4.79 Å². The summed E-state index contributed by atoms with van der Waals surface area (Å²) < 4.78 is 10.5. The summed E-state index contributed by atoms with van der Waals surface area (Å²) >= 11 is 5.79. The third-order valence-corrected chi connectivity index (χ3v) is 4.93. The molecule has 1 fully saturated rings. The Labute approximate surface area is 147 Å². The molecule has 0 unspecified atom stereocenters. The molecule has 1 heterocycles. The minimum Gasteiger partial charge on any atom is -0.496 e. The molecule has 132 valence electrons. The smallest absolute Gasteiger partial charge is 0.328 e. The molecule has 0 saturated carbocycles. The van der Waals surface area contributed by atoms with Gasteiger partial charge in [0.25, 0.3) is 0 Å². The van der Waals surface area contributed by atoms with Crippen LogP contribution in [-0.4, -0.2) is 42.4 Å². The lowest BCUT2D eigenvalue weighted by Gasteiger charge is -2.30. The van der Waals surface area contributed by atoms with E-state index in [9.17, 15) is 9.59 Å². The number of ether oxygens (including phenoxy) is 2. The molecule has 1 aromatic rings. The molecule has 2 rings (SSSR count). The van der Waals surface area contributed by atoms with Crippen LogP contribution < -0.4 is 4.74 Å². The zero-order valence-corrected chi connectivity index (χ0v) is 15.4. The van der Waals surface area contributed by atoms with Gasteiger partial charge in [0.05, 0.1) is 19.8 Å². The fourth-order valence-electron chi connectivity index (χ4n) is 3.40. The van der Waals surface area contributed by atoms with E-state index in [-0.39, 0.29) is 23.8 Å². The van der Waals surface area contributed by atoms with Gasteiger partial charge in [-0.05, 0) is 56.4 Å². The Balaban J connectivity index is 2.40. The SMILES string of the molecule is CCOC(=O)[C@H]1CC[C@@H](c2ccc(OC)c(C)c2C)N1C(=O)CCl. The summed E-state index contributed by atoms with van der Waals surface area (Å²) in [5.41, 5.74) is 3.13. The Morgan fingerprint density at radius 3 is 2.54 bits per heavy atom. The first-order chi connectivity index (χ1) is 11.5. The van der Waals surface area contributed by atoms with Gasteiger partial charge in [0, 0.05) is 0 Å². The molecule has 2 atom stereocenters. The summed E-state index contributed by atoms with van der Waals surface area (Å²) in [6.07, 6.45) is 1.29.